The topological polar surface area (TPSA) is 139 Å². The SMILES string of the molecule is O=C1NC(=O)[C@]2(C[C@@H](O)[C@@H](O)[C@H](O)[C@@H]2O)N1. The Morgan fingerprint density at radius 3 is 2.25 bits per heavy atom. The minimum atomic E-state index is -1.77. The van der Waals surface area contributed by atoms with Gasteiger partial charge in [0.25, 0.3) is 5.91 Å². The van der Waals surface area contributed by atoms with Gasteiger partial charge in [0.15, 0.2) is 5.54 Å². The van der Waals surface area contributed by atoms with Crippen LogP contribution < -0.4 is 10.6 Å². The summed E-state index contributed by atoms with van der Waals surface area (Å²) in [5.74, 6) is -0.824. The van der Waals surface area contributed by atoms with E-state index < -0.39 is 41.9 Å². The Kier molecular flexibility index (Phi) is 2.39. The maximum absolute atomic E-state index is 11.5. The number of hydrogen-bond acceptors (Lipinski definition) is 6. The van der Waals surface area contributed by atoms with E-state index in [1.165, 1.54) is 0 Å². The molecule has 1 aliphatic carbocycles. The second-order valence-corrected chi connectivity index (χ2v) is 4.08. The lowest BCUT2D eigenvalue weighted by Gasteiger charge is -2.43. The first-order valence-electron chi connectivity index (χ1n) is 4.74. The highest BCUT2D eigenvalue weighted by molar-refractivity contribution is 6.07. The van der Waals surface area contributed by atoms with Gasteiger partial charge in [-0.1, -0.05) is 0 Å². The van der Waals surface area contributed by atoms with Crippen LogP contribution in [0.4, 0.5) is 4.79 Å². The maximum atomic E-state index is 11.5. The van der Waals surface area contributed by atoms with Gasteiger partial charge in [0, 0.05) is 6.42 Å². The van der Waals surface area contributed by atoms with E-state index in [1.54, 1.807) is 0 Å². The Labute approximate surface area is 89.9 Å². The Morgan fingerprint density at radius 2 is 1.75 bits per heavy atom. The average molecular weight is 232 g/mol. The molecule has 1 aliphatic heterocycles. The molecule has 90 valence electrons. The van der Waals surface area contributed by atoms with Crippen LogP contribution in [0.3, 0.4) is 0 Å². The quantitative estimate of drug-likeness (QED) is 0.239. The molecule has 3 amide bonds. The van der Waals surface area contributed by atoms with Crippen molar-refractivity contribution in [3.63, 3.8) is 0 Å². The van der Waals surface area contributed by atoms with Gasteiger partial charge in [-0.2, -0.15) is 0 Å². The van der Waals surface area contributed by atoms with Crippen LogP contribution in [0.25, 0.3) is 0 Å². The van der Waals surface area contributed by atoms with Gasteiger partial charge in [0.1, 0.15) is 18.3 Å². The number of nitrogens with one attached hydrogen (secondary N) is 2. The van der Waals surface area contributed by atoms with Gasteiger partial charge in [-0.25, -0.2) is 4.79 Å². The molecule has 0 radical (unpaired) electrons. The van der Waals surface area contributed by atoms with Crippen LogP contribution in [0.5, 0.6) is 0 Å². The van der Waals surface area contributed by atoms with Crippen LogP contribution in [0.2, 0.25) is 0 Å². The van der Waals surface area contributed by atoms with Crippen molar-refractivity contribution >= 4 is 11.9 Å². The lowest BCUT2D eigenvalue weighted by Crippen LogP contribution is -2.69. The van der Waals surface area contributed by atoms with Gasteiger partial charge in [-0.3, -0.25) is 10.1 Å². The molecular formula is C8H12N2O6. The predicted octanol–water partition coefficient (Wildman–Crippen LogP) is -3.59. The molecule has 0 aromatic heterocycles. The first kappa shape index (κ1) is 11.3. The van der Waals surface area contributed by atoms with E-state index in [0.717, 1.165) is 0 Å². The van der Waals surface area contributed by atoms with Crippen molar-refractivity contribution < 1.29 is 30.0 Å². The number of aliphatic hydroxyl groups excluding tert-OH is 4. The van der Waals surface area contributed by atoms with E-state index in [0.29, 0.717) is 0 Å². The molecule has 1 spiro atoms. The van der Waals surface area contributed by atoms with Crippen LogP contribution in [-0.4, -0.2) is 62.3 Å². The van der Waals surface area contributed by atoms with Crippen molar-refractivity contribution in [1.29, 1.82) is 0 Å². The smallest absolute Gasteiger partial charge is 0.322 e. The summed E-state index contributed by atoms with van der Waals surface area (Å²) in [6.07, 6.45) is -6.68. The molecule has 1 heterocycles. The third-order valence-corrected chi connectivity index (χ3v) is 3.07. The molecule has 1 saturated carbocycles. The Bertz CT molecular complexity index is 347. The van der Waals surface area contributed by atoms with Crippen molar-refractivity contribution in [2.24, 2.45) is 0 Å². The van der Waals surface area contributed by atoms with E-state index in [1.807, 2.05) is 5.32 Å². The molecule has 0 aromatic rings. The lowest BCUT2D eigenvalue weighted by atomic mass is 9.74. The number of carbonyl (C=O) groups excluding carboxylic acids is 2. The monoisotopic (exact) mass is 232 g/mol. The molecule has 0 bridgehead atoms. The third-order valence-electron chi connectivity index (χ3n) is 3.07. The van der Waals surface area contributed by atoms with Crippen molar-refractivity contribution in [2.45, 2.75) is 36.4 Å². The lowest BCUT2D eigenvalue weighted by molar-refractivity contribution is -0.173. The summed E-state index contributed by atoms with van der Waals surface area (Å²) >= 11 is 0. The molecule has 8 nitrogen and oxygen atoms in total. The number of imide groups is 1. The fourth-order valence-corrected chi connectivity index (χ4v) is 2.13. The molecule has 2 aliphatic rings. The van der Waals surface area contributed by atoms with Crippen molar-refractivity contribution in [3.8, 4) is 0 Å². The fraction of sp³-hybridized carbons (Fsp3) is 0.750. The highest BCUT2D eigenvalue weighted by atomic mass is 16.4. The normalized spacial score (nSPS) is 48.0. The fourth-order valence-electron chi connectivity index (χ4n) is 2.13. The minimum Gasteiger partial charge on any atom is -0.390 e. The van der Waals surface area contributed by atoms with E-state index in [9.17, 15) is 30.0 Å². The number of hydrogen-bond donors (Lipinski definition) is 6. The highest BCUT2D eigenvalue weighted by Gasteiger charge is 2.60. The second kappa shape index (κ2) is 3.39. The van der Waals surface area contributed by atoms with E-state index in [2.05, 4.69) is 5.32 Å². The van der Waals surface area contributed by atoms with Crippen molar-refractivity contribution in [3.05, 3.63) is 0 Å². The molecule has 8 heteroatoms. The molecule has 6 N–H and O–H groups in total. The first-order valence-corrected chi connectivity index (χ1v) is 4.74. The van der Waals surface area contributed by atoms with Gasteiger partial charge in [-0.05, 0) is 0 Å². The molecule has 2 rings (SSSR count). The summed E-state index contributed by atoms with van der Waals surface area (Å²) in [5.41, 5.74) is -1.77. The average Bonchev–Trinajstić information content (AvgIpc) is 2.49. The van der Waals surface area contributed by atoms with Gasteiger partial charge in [0.05, 0.1) is 6.10 Å². The Balaban J connectivity index is 2.34. The maximum Gasteiger partial charge on any atom is 0.322 e. The first-order chi connectivity index (χ1) is 7.38. The zero-order valence-corrected chi connectivity index (χ0v) is 8.12. The second-order valence-electron chi connectivity index (χ2n) is 4.08. The summed E-state index contributed by atoms with van der Waals surface area (Å²) in [7, 11) is 0. The Morgan fingerprint density at radius 1 is 1.12 bits per heavy atom. The van der Waals surface area contributed by atoms with E-state index in [-0.39, 0.29) is 6.42 Å². The molecule has 0 unspecified atom stereocenters. The standard InChI is InChI=1S/C8H12N2O6/c11-2-1-8(5(14)4(13)3(2)12)6(15)9-7(16)10-8/h2-5,11-14H,1H2,(H2,9,10,15,16)/t2-,3-,4+,5+,8-/m1/s1. The molecular weight excluding hydrogens is 220 g/mol. The van der Waals surface area contributed by atoms with Crippen LogP contribution in [0, 0.1) is 0 Å². The van der Waals surface area contributed by atoms with E-state index in [4.69, 9.17) is 0 Å². The number of carbonyl (C=O) groups is 2. The molecule has 2 fully saturated rings. The molecule has 1 saturated heterocycles. The third kappa shape index (κ3) is 1.31. The van der Waals surface area contributed by atoms with Crippen LogP contribution in [-0.2, 0) is 4.79 Å². The highest BCUT2D eigenvalue weighted by Crippen LogP contribution is 2.31. The molecule has 0 aromatic carbocycles. The number of aliphatic hydroxyl groups is 4. The van der Waals surface area contributed by atoms with Crippen molar-refractivity contribution in [2.75, 3.05) is 0 Å². The van der Waals surface area contributed by atoms with Gasteiger partial charge in [0.2, 0.25) is 0 Å². The van der Waals surface area contributed by atoms with Gasteiger partial charge >= 0.3 is 6.03 Å². The zero-order valence-electron chi connectivity index (χ0n) is 8.12. The zero-order chi connectivity index (χ0) is 12.1. The summed E-state index contributed by atoms with van der Waals surface area (Å²) in [4.78, 5) is 22.5. The van der Waals surface area contributed by atoms with Gasteiger partial charge < -0.3 is 25.7 Å². The summed E-state index contributed by atoms with van der Waals surface area (Å²) in [5, 5.41) is 42.0. The largest absolute Gasteiger partial charge is 0.390 e. The van der Waals surface area contributed by atoms with Gasteiger partial charge in [-0.15, -0.1) is 0 Å². The minimum absolute atomic E-state index is 0.357. The molecule has 5 atom stereocenters. The van der Waals surface area contributed by atoms with Crippen LogP contribution in [0.1, 0.15) is 6.42 Å². The Hall–Kier alpha value is -1.22. The number of rotatable bonds is 0. The summed E-state index contributed by atoms with van der Waals surface area (Å²) in [6, 6.07) is -0.806. The summed E-state index contributed by atoms with van der Waals surface area (Å²) in [6.45, 7) is 0. The number of urea groups is 1. The van der Waals surface area contributed by atoms with Crippen LogP contribution >= 0.6 is 0 Å². The van der Waals surface area contributed by atoms with Crippen LogP contribution in [0.15, 0.2) is 0 Å². The van der Waals surface area contributed by atoms with E-state index >= 15 is 0 Å². The molecule has 16 heavy (non-hydrogen) atoms. The predicted molar refractivity (Wildman–Crippen MR) is 48.0 cm³/mol. The van der Waals surface area contributed by atoms with Crippen molar-refractivity contribution in [1.82, 2.24) is 10.6 Å². The summed E-state index contributed by atoms with van der Waals surface area (Å²) < 4.78 is 0. The number of amides is 3.